The topological polar surface area (TPSA) is 39.1 Å². The summed E-state index contributed by atoms with van der Waals surface area (Å²) in [6, 6.07) is 7.89. The number of nitrogens with one attached hydrogen (secondary N) is 1. The van der Waals surface area contributed by atoms with Gasteiger partial charge >= 0.3 is 0 Å². The summed E-state index contributed by atoms with van der Waals surface area (Å²) in [5.74, 6) is 0.852. The molecule has 0 saturated heterocycles. The van der Waals surface area contributed by atoms with Crippen molar-refractivity contribution < 1.29 is 4.74 Å². The fourth-order valence-corrected chi connectivity index (χ4v) is 2.58. The molecule has 1 heterocycles. The highest BCUT2D eigenvalue weighted by Crippen LogP contribution is 2.23. The van der Waals surface area contributed by atoms with Crippen molar-refractivity contribution >= 4 is 21.6 Å². The standard InChI is InChI=1S/C14H18BrN3O/c1-4-12-14(15)13(18(3)17-12)9-19-11-7-5-10(16-2)6-8-11/h5-8,16H,4,9H2,1-3H3. The van der Waals surface area contributed by atoms with Crippen LogP contribution in [0.4, 0.5) is 5.69 Å². The first-order valence-electron chi connectivity index (χ1n) is 6.26. The second-order valence-corrected chi connectivity index (χ2v) is 5.04. The molecule has 0 aliphatic rings. The van der Waals surface area contributed by atoms with Gasteiger partial charge in [-0.3, -0.25) is 4.68 Å². The predicted molar refractivity (Wildman–Crippen MR) is 80.6 cm³/mol. The van der Waals surface area contributed by atoms with Crippen LogP contribution in [0.2, 0.25) is 0 Å². The molecule has 5 heteroatoms. The van der Waals surface area contributed by atoms with E-state index in [2.05, 4.69) is 33.3 Å². The quantitative estimate of drug-likeness (QED) is 0.917. The summed E-state index contributed by atoms with van der Waals surface area (Å²) in [6.45, 7) is 2.59. The zero-order chi connectivity index (χ0) is 13.8. The molecule has 0 radical (unpaired) electrons. The van der Waals surface area contributed by atoms with Crippen LogP contribution in [0, 0.1) is 0 Å². The summed E-state index contributed by atoms with van der Waals surface area (Å²) in [7, 11) is 3.83. The van der Waals surface area contributed by atoms with Crippen molar-refractivity contribution in [3.8, 4) is 5.75 Å². The third-order valence-electron chi connectivity index (χ3n) is 3.02. The van der Waals surface area contributed by atoms with Gasteiger partial charge in [-0.1, -0.05) is 6.92 Å². The van der Waals surface area contributed by atoms with Crippen LogP contribution in [0.5, 0.6) is 5.75 Å². The van der Waals surface area contributed by atoms with E-state index in [0.29, 0.717) is 6.61 Å². The maximum Gasteiger partial charge on any atom is 0.131 e. The van der Waals surface area contributed by atoms with Gasteiger partial charge in [0, 0.05) is 19.8 Å². The molecule has 1 N–H and O–H groups in total. The van der Waals surface area contributed by atoms with Crippen LogP contribution < -0.4 is 10.1 Å². The van der Waals surface area contributed by atoms with Gasteiger partial charge in [-0.15, -0.1) is 0 Å². The lowest BCUT2D eigenvalue weighted by molar-refractivity contribution is 0.294. The molecule has 4 nitrogen and oxygen atoms in total. The van der Waals surface area contributed by atoms with E-state index in [0.717, 1.165) is 33.7 Å². The Hall–Kier alpha value is -1.49. The summed E-state index contributed by atoms with van der Waals surface area (Å²) >= 11 is 3.59. The highest BCUT2D eigenvalue weighted by Gasteiger charge is 2.12. The molecule has 0 atom stereocenters. The van der Waals surface area contributed by atoms with Gasteiger partial charge in [-0.2, -0.15) is 5.10 Å². The molecule has 0 bridgehead atoms. The SMILES string of the molecule is CCc1nn(C)c(COc2ccc(NC)cc2)c1Br. The Morgan fingerprint density at radius 2 is 2.00 bits per heavy atom. The van der Waals surface area contributed by atoms with Crippen molar-refractivity contribution in [3.63, 3.8) is 0 Å². The van der Waals surface area contributed by atoms with E-state index in [-0.39, 0.29) is 0 Å². The zero-order valence-corrected chi connectivity index (χ0v) is 13.0. The molecule has 0 fully saturated rings. The number of ether oxygens (including phenoxy) is 1. The minimum Gasteiger partial charge on any atom is -0.487 e. The van der Waals surface area contributed by atoms with Gasteiger partial charge in [-0.05, 0) is 46.6 Å². The van der Waals surface area contributed by atoms with Crippen LogP contribution in [-0.2, 0) is 20.1 Å². The molecule has 1 aromatic carbocycles. The number of anilines is 1. The molecule has 0 amide bonds. The molecule has 0 aliphatic carbocycles. The van der Waals surface area contributed by atoms with Gasteiger partial charge in [0.15, 0.2) is 0 Å². The number of halogens is 1. The summed E-state index contributed by atoms with van der Waals surface area (Å²) < 4.78 is 8.70. The van der Waals surface area contributed by atoms with Crippen LogP contribution in [0.3, 0.4) is 0 Å². The molecule has 0 spiro atoms. The first-order chi connectivity index (χ1) is 9.15. The summed E-state index contributed by atoms with van der Waals surface area (Å²) in [4.78, 5) is 0. The van der Waals surface area contributed by atoms with E-state index in [4.69, 9.17) is 4.74 Å². The second-order valence-electron chi connectivity index (χ2n) is 4.25. The maximum atomic E-state index is 5.79. The van der Waals surface area contributed by atoms with Crippen LogP contribution in [0.25, 0.3) is 0 Å². The van der Waals surface area contributed by atoms with E-state index in [1.54, 1.807) is 0 Å². The first-order valence-corrected chi connectivity index (χ1v) is 7.05. The summed E-state index contributed by atoms with van der Waals surface area (Å²) in [5, 5.41) is 7.53. The molecule has 2 aromatic rings. The molecule has 0 aliphatic heterocycles. The molecule has 19 heavy (non-hydrogen) atoms. The molecular weight excluding hydrogens is 306 g/mol. The van der Waals surface area contributed by atoms with Gasteiger partial charge < -0.3 is 10.1 Å². The molecular formula is C14H18BrN3O. The van der Waals surface area contributed by atoms with Gasteiger partial charge in [-0.25, -0.2) is 0 Å². The molecule has 0 unspecified atom stereocenters. The summed E-state index contributed by atoms with van der Waals surface area (Å²) in [5.41, 5.74) is 3.18. The highest BCUT2D eigenvalue weighted by atomic mass is 79.9. The number of aromatic nitrogens is 2. The normalized spacial score (nSPS) is 10.5. The minimum atomic E-state index is 0.503. The van der Waals surface area contributed by atoms with Crippen molar-refractivity contribution in [3.05, 3.63) is 40.1 Å². The Morgan fingerprint density at radius 3 is 2.53 bits per heavy atom. The number of rotatable bonds is 5. The van der Waals surface area contributed by atoms with E-state index >= 15 is 0 Å². The maximum absolute atomic E-state index is 5.79. The van der Waals surface area contributed by atoms with Crippen LogP contribution in [0.1, 0.15) is 18.3 Å². The second kappa shape index (κ2) is 6.10. The molecule has 102 valence electrons. The number of hydrogen-bond acceptors (Lipinski definition) is 3. The largest absolute Gasteiger partial charge is 0.487 e. The molecule has 1 aromatic heterocycles. The number of nitrogens with zero attached hydrogens (tertiary/aromatic N) is 2. The van der Waals surface area contributed by atoms with E-state index in [1.165, 1.54) is 0 Å². The predicted octanol–water partition coefficient (Wildman–Crippen LogP) is 3.37. The smallest absolute Gasteiger partial charge is 0.131 e. The fraction of sp³-hybridized carbons (Fsp3) is 0.357. The van der Waals surface area contributed by atoms with Crippen molar-refractivity contribution in [2.24, 2.45) is 7.05 Å². The Kier molecular flexibility index (Phi) is 4.47. The Balaban J connectivity index is 2.07. The van der Waals surface area contributed by atoms with Crippen LogP contribution >= 0.6 is 15.9 Å². The monoisotopic (exact) mass is 323 g/mol. The minimum absolute atomic E-state index is 0.503. The molecule has 2 rings (SSSR count). The number of benzene rings is 1. The van der Waals surface area contributed by atoms with Crippen LogP contribution in [0.15, 0.2) is 28.7 Å². The highest BCUT2D eigenvalue weighted by molar-refractivity contribution is 9.10. The lowest BCUT2D eigenvalue weighted by Crippen LogP contribution is -2.03. The van der Waals surface area contributed by atoms with E-state index in [9.17, 15) is 0 Å². The van der Waals surface area contributed by atoms with Crippen LogP contribution in [-0.4, -0.2) is 16.8 Å². The average Bonchev–Trinajstić information content (AvgIpc) is 2.72. The fourth-order valence-electron chi connectivity index (χ4n) is 1.85. The summed E-state index contributed by atoms with van der Waals surface area (Å²) in [6.07, 6.45) is 0.908. The van der Waals surface area contributed by atoms with Crippen molar-refractivity contribution in [1.82, 2.24) is 9.78 Å². The average molecular weight is 324 g/mol. The third-order valence-corrected chi connectivity index (χ3v) is 3.94. The Bertz CT molecular complexity index is 549. The number of hydrogen-bond donors (Lipinski definition) is 1. The first kappa shape index (κ1) is 13.9. The van der Waals surface area contributed by atoms with E-state index < -0.39 is 0 Å². The lowest BCUT2D eigenvalue weighted by Gasteiger charge is -2.08. The number of aryl methyl sites for hydroxylation is 2. The van der Waals surface area contributed by atoms with Gasteiger partial charge in [0.25, 0.3) is 0 Å². The Labute approximate surface area is 121 Å². The van der Waals surface area contributed by atoms with Crippen molar-refractivity contribution in [1.29, 1.82) is 0 Å². The van der Waals surface area contributed by atoms with E-state index in [1.807, 2.05) is 43.0 Å². The molecule has 0 saturated carbocycles. The van der Waals surface area contributed by atoms with Gasteiger partial charge in [0.2, 0.25) is 0 Å². The van der Waals surface area contributed by atoms with Crippen molar-refractivity contribution in [2.45, 2.75) is 20.0 Å². The lowest BCUT2D eigenvalue weighted by atomic mass is 10.3. The zero-order valence-electron chi connectivity index (χ0n) is 11.4. The Morgan fingerprint density at radius 1 is 1.32 bits per heavy atom. The third kappa shape index (κ3) is 3.10. The van der Waals surface area contributed by atoms with Gasteiger partial charge in [0.05, 0.1) is 15.9 Å². The van der Waals surface area contributed by atoms with Crippen molar-refractivity contribution in [2.75, 3.05) is 12.4 Å². The van der Waals surface area contributed by atoms with Gasteiger partial charge in [0.1, 0.15) is 12.4 Å².